The maximum Gasteiger partial charge on any atom is 0.241 e. The molecule has 0 fully saturated rings. The van der Waals surface area contributed by atoms with Gasteiger partial charge in [0.15, 0.2) is 0 Å². The van der Waals surface area contributed by atoms with Crippen LogP contribution in [0.5, 0.6) is 0 Å². The molecular weight excluding hydrogens is 226 g/mol. The van der Waals surface area contributed by atoms with Crippen LogP contribution < -0.4 is 10.5 Å². The Morgan fingerprint density at radius 3 is 2.75 bits per heavy atom. The molecule has 1 rings (SSSR count). The molecule has 0 aromatic carbocycles. The van der Waals surface area contributed by atoms with Crippen molar-refractivity contribution in [3.63, 3.8) is 0 Å². The first kappa shape index (κ1) is 13.1. The van der Waals surface area contributed by atoms with Gasteiger partial charge >= 0.3 is 0 Å². The van der Waals surface area contributed by atoms with E-state index in [-0.39, 0.29) is 10.9 Å². The third-order valence-corrected chi connectivity index (χ3v) is 3.72. The molecule has 1 heterocycles. The van der Waals surface area contributed by atoms with Crippen molar-refractivity contribution < 1.29 is 8.42 Å². The molecule has 0 aliphatic heterocycles. The summed E-state index contributed by atoms with van der Waals surface area (Å²) in [5.74, 6) is 0. The van der Waals surface area contributed by atoms with E-state index in [1.165, 1.54) is 13.2 Å². The molecule has 16 heavy (non-hydrogen) atoms. The Morgan fingerprint density at radius 2 is 2.19 bits per heavy atom. The van der Waals surface area contributed by atoms with E-state index >= 15 is 0 Å². The van der Waals surface area contributed by atoms with Gasteiger partial charge in [-0.25, -0.2) is 13.1 Å². The zero-order chi connectivity index (χ0) is 12.2. The van der Waals surface area contributed by atoms with Crippen molar-refractivity contribution in [2.75, 3.05) is 7.05 Å². The van der Waals surface area contributed by atoms with Crippen molar-refractivity contribution in [2.45, 2.75) is 30.7 Å². The fourth-order valence-corrected chi connectivity index (χ4v) is 2.11. The highest BCUT2D eigenvalue weighted by molar-refractivity contribution is 7.89. The van der Waals surface area contributed by atoms with Crippen LogP contribution in [0.25, 0.3) is 0 Å². The summed E-state index contributed by atoms with van der Waals surface area (Å²) < 4.78 is 25.3. The second-order valence-electron chi connectivity index (χ2n) is 3.56. The third kappa shape index (κ3) is 3.01. The van der Waals surface area contributed by atoms with E-state index in [0.717, 1.165) is 18.4 Å². The largest absolute Gasteiger partial charge is 0.324 e. The van der Waals surface area contributed by atoms with Crippen LogP contribution in [-0.4, -0.2) is 20.4 Å². The number of pyridine rings is 1. The second kappa shape index (κ2) is 5.38. The molecule has 90 valence electrons. The van der Waals surface area contributed by atoms with Crippen molar-refractivity contribution in [1.29, 1.82) is 0 Å². The van der Waals surface area contributed by atoms with Gasteiger partial charge in [-0.3, -0.25) is 4.98 Å². The second-order valence-corrected chi connectivity index (χ2v) is 5.44. The molecule has 0 saturated carbocycles. The van der Waals surface area contributed by atoms with Gasteiger partial charge in [0.05, 0.1) is 0 Å². The van der Waals surface area contributed by atoms with Gasteiger partial charge in [0, 0.05) is 18.4 Å². The van der Waals surface area contributed by atoms with Gasteiger partial charge in [-0.15, -0.1) is 0 Å². The normalized spacial score (nSPS) is 13.7. The van der Waals surface area contributed by atoms with E-state index in [4.69, 9.17) is 5.73 Å². The number of sulfonamides is 1. The van der Waals surface area contributed by atoms with Crippen LogP contribution in [0.4, 0.5) is 0 Å². The first-order valence-electron chi connectivity index (χ1n) is 5.15. The van der Waals surface area contributed by atoms with E-state index < -0.39 is 10.0 Å². The zero-order valence-corrected chi connectivity index (χ0v) is 10.3. The van der Waals surface area contributed by atoms with Crippen molar-refractivity contribution in [1.82, 2.24) is 9.71 Å². The lowest BCUT2D eigenvalue weighted by Gasteiger charge is -2.11. The predicted octanol–water partition coefficient (Wildman–Crippen LogP) is 0.790. The van der Waals surface area contributed by atoms with Crippen LogP contribution in [0.15, 0.2) is 23.4 Å². The molecule has 1 aromatic heterocycles. The number of nitrogens with one attached hydrogen (secondary N) is 1. The Bertz CT molecular complexity index is 445. The minimum atomic E-state index is -3.44. The van der Waals surface area contributed by atoms with Gasteiger partial charge in [-0.1, -0.05) is 13.3 Å². The maximum absolute atomic E-state index is 11.5. The first-order chi connectivity index (χ1) is 7.51. The number of aromatic nitrogens is 1. The molecule has 0 amide bonds. The molecule has 1 atom stereocenters. The molecule has 6 heteroatoms. The smallest absolute Gasteiger partial charge is 0.241 e. The van der Waals surface area contributed by atoms with Crippen molar-refractivity contribution in [3.05, 3.63) is 24.0 Å². The summed E-state index contributed by atoms with van der Waals surface area (Å²) in [6.07, 6.45) is 4.68. The highest BCUT2D eigenvalue weighted by Gasteiger charge is 2.14. The third-order valence-electron chi connectivity index (χ3n) is 2.34. The molecule has 1 unspecified atom stereocenters. The number of hydrogen-bond donors (Lipinski definition) is 2. The van der Waals surface area contributed by atoms with E-state index in [2.05, 4.69) is 9.71 Å². The standard InChI is InChI=1S/C10H17N3O2S/c1-3-4-10(11)8-5-9(7-13-6-8)16(14,15)12-2/h5-7,10,12H,3-4,11H2,1-2H3. The molecule has 0 aliphatic rings. The number of nitrogens with zero attached hydrogens (tertiary/aromatic N) is 1. The number of hydrogen-bond acceptors (Lipinski definition) is 4. The molecule has 0 bridgehead atoms. The van der Waals surface area contributed by atoms with E-state index in [1.807, 2.05) is 6.92 Å². The van der Waals surface area contributed by atoms with Crippen LogP contribution in [0.2, 0.25) is 0 Å². The Morgan fingerprint density at radius 1 is 1.50 bits per heavy atom. The van der Waals surface area contributed by atoms with Crippen LogP contribution in [0.1, 0.15) is 31.4 Å². The molecular formula is C10H17N3O2S. The van der Waals surface area contributed by atoms with Gasteiger partial charge in [0.1, 0.15) is 4.90 Å². The Labute approximate surface area is 96.1 Å². The minimum absolute atomic E-state index is 0.152. The van der Waals surface area contributed by atoms with Crippen LogP contribution >= 0.6 is 0 Å². The van der Waals surface area contributed by atoms with Crippen LogP contribution in [-0.2, 0) is 10.0 Å². The summed E-state index contributed by atoms with van der Waals surface area (Å²) in [4.78, 5) is 4.05. The monoisotopic (exact) mass is 243 g/mol. The fraction of sp³-hybridized carbons (Fsp3) is 0.500. The number of rotatable bonds is 5. The summed E-state index contributed by atoms with van der Waals surface area (Å²) >= 11 is 0. The highest BCUT2D eigenvalue weighted by atomic mass is 32.2. The average molecular weight is 243 g/mol. The van der Waals surface area contributed by atoms with Crippen molar-refractivity contribution >= 4 is 10.0 Å². The lowest BCUT2D eigenvalue weighted by molar-refractivity contribution is 0.586. The lowest BCUT2D eigenvalue weighted by atomic mass is 10.1. The Kier molecular flexibility index (Phi) is 4.40. The van der Waals surface area contributed by atoms with Gasteiger partial charge < -0.3 is 5.73 Å². The summed E-state index contributed by atoms with van der Waals surface area (Å²) in [5.41, 5.74) is 6.65. The molecule has 0 spiro atoms. The Hall–Kier alpha value is -0.980. The van der Waals surface area contributed by atoms with Gasteiger partial charge in [-0.05, 0) is 25.1 Å². The topological polar surface area (TPSA) is 85.1 Å². The Balaban J connectivity index is 3.05. The summed E-state index contributed by atoms with van der Waals surface area (Å²) in [6, 6.07) is 1.41. The average Bonchev–Trinajstić information content (AvgIpc) is 2.29. The van der Waals surface area contributed by atoms with Crippen molar-refractivity contribution in [3.8, 4) is 0 Å². The molecule has 0 saturated heterocycles. The van der Waals surface area contributed by atoms with E-state index in [0.29, 0.717) is 0 Å². The first-order valence-corrected chi connectivity index (χ1v) is 6.63. The molecule has 3 N–H and O–H groups in total. The van der Waals surface area contributed by atoms with E-state index in [1.54, 1.807) is 12.3 Å². The van der Waals surface area contributed by atoms with Gasteiger partial charge in [0.2, 0.25) is 10.0 Å². The lowest BCUT2D eigenvalue weighted by Crippen LogP contribution is -2.19. The van der Waals surface area contributed by atoms with Crippen LogP contribution in [0, 0.1) is 0 Å². The molecule has 5 nitrogen and oxygen atoms in total. The fourth-order valence-electron chi connectivity index (χ4n) is 1.38. The predicted molar refractivity (Wildman–Crippen MR) is 62.3 cm³/mol. The van der Waals surface area contributed by atoms with Crippen LogP contribution in [0.3, 0.4) is 0 Å². The minimum Gasteiger partial charge on any atom is -0.324 e. The summed E-state index contributed by atoms with van der Waals surface area (Å²) in [7, 11) is -2.07. The SMILES string of the molecule is CCCC(N)c1cncc(S(=O)(=O)NC)c1. The number of nitrogens with two attached hydrogens (primary N) is 1. The van der Waals surface area contributed by atoms with E-state index in [9.17, 15) is 8.42 Å². The van der Waals surface area contributed by atoms with Gasteiger partial charge in [-0.2, -0.15) is 0 Å². The van der Waals surface area contributed by atoms with Crippen molar-refractivity contribution in [2.24, 2.45) is 5.73 Å². The molecule has 0 radical (unpaired) electrons. The summed E-state index contributed by atoms with van der Waals surface area (Å²) in [6.45, 7) is 2.03. The molecule has 1 aromatic rings. The molecule has 0 aliphatic carbocycles. The highest BCUT2D eigenvalue weighted by Crippen LogP contribution is 2.17. The summed E-state index contributed by atoms with van der Waals surface area (Å²) in [5, 5.41) is 0. The maximum atomic E-state index is 11.5. The zero-order valence-electron chi connectivity index (χ0n) is 9.47. The van der Waals surface area contributed by atoms with Gasteiger partial charge in [0.25, 0.3) is 0 Å². The quantitative estimate of drug-likeness (QED) is 0.800.